The van der Waals surface area contributed by atoms with E-state index < -0.39 is 0 Å². The Kier molecular flexibility index (Phi) is 4.42. The fraction of sp³-hybridized carbons (Fsp3) is 0. The summed E-state index contributed by atoms with van der Waals surface area (Å²) in [4.78, 5) is 0. The summed E-state index contributed by atoms with van der Waals surface area (Å²) >= 11 is 0. The molecule has 3 heteroatoms. The first-order valence-electron chi connectivity index (χ1n) is 4.25. The molecule has 0 spiro atoms. The topological polar surface area (TPSA) is 9.23 Å². The number of benzene rings is 2. The number of para-hydroxylation sites is 1. The van der Waals surface area contributed by atoms with E-state index in [1.54, 1.807) is 24.3 Å². The number of hydrogen-bond acceptors (Lipinski definition) is 1. The molecule has 2 aromatic carbocycles. The van der Waals surface area contributed by atoms with E-state index in [2.05, 4.69) is 6.07 Å². The molecule has 0 aliphatic carbocycles. The van der Waals surface area contributed by atoms with Gasteiger partial charge in [-0.25, -0.2) is 4.39 Å². The Bertz CT molecular complexity index is 417. The zero-order valence-corrected chi connectivity index (χ0v) is 8.41. The smallest absolute Gasteiger partial charge is 0.483 e. The molecule has 70 valence electrons. The molecule has 0 saturated carbocycles. The molecule has 0 heterocycles. The first-order valence-corrected chi connectivity index (χ1v) is 4.25. The maximum absolute atomic E-state index is 12.8. The Morgan fingerprint density at radius 2 is 1.93 bits per heavy atom. The van der Waals surface area contributed by atoms with E-state index in [1.807, 2.05) is 12.1 Å². The van der Waals surface area contributed by atoms with E-state index in [4.69, 9.17) is 4.74 Å². The summed E-state index contributed by atoms with van der Waals surface area (Å²) in [6.45, 7) is 0. The molecule has 15 heavy (non-hydrogen) atoms. The molecule has 0 saturated heterocycles. The van der Waals surface area contributed by atoms with Crippen LogP contribution in [0.5, 0.6) is 11.5 Å². The van der Waals surface area contributed by atoms with Gasteiger partial charge in [0, 0.05) is 11.8 Å². The van der Waals surface area contributed by atoms with Crippen molar-refractivity contribution in [3.63, 3.8) is 0 Å². The Balaban J connectivity index is 0.00000112. The van der Waals surface area contributed by atoms with Crippen LogP contribution in [0.1, 0.15) is 0 Å². The van der Waals surface area contributed by atoms with Gasteiger partial charge in [0.1, 0.15) is 11.6 Å². The van der Waals surface area contributed by atoms with Gasteiger partial charge < -0.3 is 4.74 Å². The van der Waals surface area contributed by atoms with Crippen molar-refractivity contribution in [2.24, 2.45) is 0 Å². The number of halogens is 1. The Labute approximate surface area is 100 Å². The quantitative estimate of drug-likeness (QED) is 0.497. The van der Waals surface area contributed by atoms with E-state index >= 15 is 0 Å². The van der Waals surface area contributed by atoms with Gasteiger partial charge in [0.25, 0.3) is 0 Å². The molecule has 0 aliphatic heterocycles. The summed E-state index contributed by atoms with van der Waals surface area (Å²) in [7, 11) is 0. The predicted octanol–water partition coefficient (Wildman–Crippen LogP) is 0.422. The van der Waals surface area contributed by atoms with Crippen molar-refractivity contribution in [3.05, 3.63) is 60.4 Å². The maximum atomic E-state index is 12.8. The van der Waals surface area contributed by atoms with Crippen LogP contribution in [0.4, 0.5) is 4.39 Å². The number of rotatable bonds is 2. The average Bonchev–Trinajstić information content (AvgIpc) is 2.19. The van der Waals surface area contributed by atoms with Crippen molar-refractivity contribution in [3.8, 4) is 11.5 Å². The molecule has 0 radical (unpaired) electrons. The van der Waals surface area contributed by atoms with Crippen molar-refractivity contribution >= 4 is 0 Å². The van der Waals surface area contributed by atoms with Crippen LogP contribution < -0.4 is 23.6 Å². The Morgan fingerprint density at radius 1 is 1.07 bits per heavy atom. The zero-order valence-electron chi connectivity index (χ0n) is 8.41. The van der Waals surface area contributed by atoms with Gasteiger partial charge in [0.2, 0.25) is 0 Å². The van der Waals surface area contributed by atoms with Crippen LogP contribution in [0.3, 0.4) is 0 Å². The average molecular weight is 194 g/mol. The van der Waals surface area contributed by atoms with Gasteiger partial charge in [-0.15, -0.1) is 12.1 Å². The largest absolute Gasteiger partial charge is 1.00 e. The third-order valence-corrected chi connectivity index (χ3v) is 1.70. The van der Waals surface area contributed by atoms with Crippen LogP contribution in [0.25, 0.3) is 0 Å². The van der Waals surface area contributed by atoms with E-state index in [-0.39, 0.29) is 24.7 Å². The van der Waals surface area contributed by atoms with Crippen molar-refractivity contribution < 1.29 is 28.0 Å². The molecule has 2 aromatic rings. The van der Waals surface area contributed by atoms with Gasteiger partial charge in [0.05, 0.1) is 0 Å². The summed E-state index contributed by atoms with van der Waals surface area (Å²) in [5.41, 5.74) is 0. The van der Waals surface area contributed by atoms with E-state index in [0.29, 0.717) is 11.5 Å². The molecule has 0 aliphatic rings. The van der Waals surface area contributed by atoms with Crippen molar-refractivity contribution in [2.75, 3.05) is 0 Å². The van der Waals surface area contributed by atoms with E-state index in [1.165, 1.54) is 12.1 Å². The second-order valence-electron chi connectivity index (χ2n) is 2.79. The third-order valence-electron chi connectivity index (χ3n) is 1.70. The predicted molar refractivity (Wildman–Crippen MR) is 51.8 cm³/mol. The van der Waals surface area contributed by atoms with Crippen LogP contribution in [0, 0.1) is 11.9 Å². The molecular weight excluding hydrogens is 186 g/mol. The molecule has 0 bridgehead atoms. The summed E-state index contributed by atoms with van der Waals surface area (Å²) in [5, 5.41) is 0. The Morgan fingerprint density at radius 3 is 2.60 bits per heavy atom. The van der Waals surface area contributed by atoms with Gasteiger partial charge >= 0.3 is 18.9 Å². The van der Waals surface area contributed by atoms with Crippen molar-refractivity contribution in [2.45, 2.75) is 0 Å². The molecule has 0 aromatic heterocycles. The van der Waals surface area contributed by atoms with E-state index in [9.17, 15) is 4.39 Å². The normalized spacial score (nSPS) is 9.13. The van der Waals surface area contributed by atoms with Crippen LogP contribution in [-0.2, 0) is 0 Å². The van der Waals surface area contributed by atoms with E-state index in [0.717, 1.165) is 0 Å². The molecule has 1 nitrogen and oxygen atoms in total. The molecule has 0 amide bonds. The number of ether oxygens (including phenoxy) is 1. The standard InChI is InChI=1S/C12H8FO.Li/c13-10-5-4-8-12(9-10)14-11-6-2-1-3-7-11;/h1-6,8-9H;/q-1;+1. The molecule has 0 fully saturated rings. The van der Waals surface area contributed by atoms with Crippen LogP contribution in [0.15, 0.2) is 48.5 Å². The van der Waals surface area contributed by atoms with Gasteiger partial charge in [0.15, 0.2) is 0 Å². The van der Waals surface area contributed by atoms with Gasteiger partial charge in [-0.1, -0.05) is 6.07 Å². The minimum absolute atomic E-state index is 0. The summed E-state index contributed by atoms with van der Waals surface area (Å²) in [5.74, 6) is 0.754. The van der Waals surface area contributed by atoms with Crippen molar-refractivity contribution in [1.82, 2.24) is 0 Å². The summed E-state index contributed by atoms with van der Waals surface area (Å²) < 4.78 is 18.1. The molecule has 0 N–H and O–H groups in total. The third kappa shape index (κ3) is 3.43. The molecule has 0 atom stereocenters. The van der Waals surface area contributed by atoms with Crippen LogP contribution >= 0.6 is 0 Å². The van der Waals surface area contributed by atoms with Crippen LogP contribution in [-0.4, -0.2) is 0 Å². The minimum Gasteiger partial charge on any atom is -0.483 e. The summed E-state index contributed by atoms with van der Waals surface area (Å²) in [6, 6.07) is 16.1. The molecule has 2 rings (SSSR count). The van der Waals surface area contributed by atoms with Gasteiger partial charge in [-0.3, -0.25) is 0 Å². The second-order valence-corrected chi connectivity index (χ2v) is 2.79. The summed E-state index contributed by atoms with van der Waals surface area (Å²) in [6.07, 6.45) is 0. The first kappa shape index (κ1) is 11.8. The minimum atomic E-state index is -0.307. The van der Waals surface area contributed by atoms with Gasteiger partial charge in [-0.2, -0.15) is 18.2 Å². The fourth-order valence-electron chi connectivity index (χ4n) is 1.10. The van der Waals surface area contributed by atoms with Crippen molar-refractivity contribution in [1.29, 1.82) is 0 Å². The maximum Gasteiger partial charge on any atom is 1.00 e. The fourth-order valence-corrected chi connectivity index (χ4v) is 1.10. The van der Waals surface area contributed by atoms with Crippen LogP contribution in [0.2, 0.25) is 0 Å². The Hall–Kier alpha value is -1.23. The molecule has 0 unspecified atom stereocenters. The second kappa shape index (κ2) is 5.60. The number of hydrogen-bond donors (Lipinski definition) is 0. The van der Waals surface area contributed by atoms with Gasteiger partial charge in [-0.05, 0) is 12.1 Å². The zero-order chi connectivity index (χ0) is 9.80. The first-order chi connectivity index (χ1) is 6.84. The monoisotopic (exact) mass is 194 g/mol. The molecular formula is C12H8FLiO. The SMILES string of the molecule is Fc1cccc(Oc2[c-]cccc2)c1.[Li+].